The molecule has 94 valence electrons. The van der Waals surface area contributed by atoms with Crippen molar-refractivity contribution in [3.8, 4) is 0 Å². The lowest BCUT2D eigenvalue weighted by Gasteiger charge is -1.91. The van der Waals surface area contributed by atoms with Crippen LogP contribution in [0.4, 0.5) is 0 Å². The second kappa shape index (κ2) is 7.79. The minimum absolute atomic E-state index is 1.06. The van der Waals surface area contributed by atoms with Crippen molar-refractivity contribution < 1.29 is 8.42 Å². The number of nitrogens with zero attached hydrogens (tertiary/aromatic N) is 1. The van der Waals surface area contributed by atoms with Gasteiger partial charge in [-0.25, -0.2) is 8.42 Å². The fourth-order valence-electron chi connectivity index (χ4n) is 1.02. The SMILES string of the molecule is CC.CS(C)(=O)=O.c1ccc2ncccc2c1. The first-order chi connectivity index (χ1) is 7.97. The van der Waals surface area contributed by atoms with Gasteiger partial charge in [-0.3, -0.25) is 4.98 Å². The molecule has 0 spiro atoms. The van der Waals surface area contributed by atoms with Gasteiger partial charge in [-0.2, -0.15) is 0 Å². The van der Waals surface area contributed by atoms with Crippen LogP contribution in [-0.4, -0.2) is 25.9 Å². The van der Waals surface area contributed by atoms with Crippen LogP contribution in [-0.2, 0) is 9.84 Å². The smallest absolute Gasteiger partial charge is 0.144 e. The summed E-state index contributed by atoms with van der Waals surface area (Å²) in [4.78, 5) is 4.18. The van der Waals surface area contributed by atoms with E-state index in [1.54, 1.807) is 0 Å². The summed E-state index contributed by atoms with van der Waals surface area (Å²) in [5, 5.41) is 1.20. The third-order valence-electron chi connectivity index (χ3n) is 1.51. The molecular formula is C13H19NO2S. The normalized spacial score (nSPS) is 9.65. The maximum atomic E-state index is 9.63. The van der Waals surface area contributed by atoms with Crippen LogP contribution in [0.25, 0.3) is 10.9 Å². The quantitative estimate of drug-likeness (QED) is 0.725. The van der Waals surface area contributed by atoms with E-state index < -0.39 is 9.84 Å². The molecule has 2 rings (SSSR count). The number of para-hydroxylation sites is 1. The minimum Gasteiger partial charge on any atom is -0.256 e. The summed E-state index contributed by atoms with van der Waals surface area (Å²) in [5.74, 6) is 0. The van der Waals surface area contributed by atoms with E-state index in [1.807, 2.05) is 44.3 Å². The highest BCUT2D eigenvalue weighted by atomic mass is 32.2. The van der Waals surface area contributed by atoms with Crippen LogP contribution in [0.2, 0.25) is 0 Å². The molecule has 0 amide bonds. The molecule has 0 fully saturated rings. The molecule has 0 atom stereocenters. The molecule has 0 unspecified atom stereocenters. The lowest BCUT2D eigenvalue weighted by Crippen LogP contribution is -1.86. The second-order valence-corrected chi connectivity index (χ2v) is 5.62. The Morgan fingerprint density at radius 2 is 1.41 bits per heavy atom. The van der Waals surface area contributed by atoms with Crippen LogP contribution in [0, 0.1) is 0 Å². The van der Waals surface area contributed by atoms with Crippen molar-refractivity contribution >= 4 is 20.7 Å². The first-order valence-corrected chi connectivity index (χ1v) is 7.71. The Hall–Kier alpha value is -1.42. The van der Waals surface area contributed by atoms with Gasteiger partial charge in [0.25, 0.3) is 0 Å². The van der Waals surface area contributed by atoms with Crippen molar-refractivity contribution in [2.24, 2.45) is 0 Å². The highest BCUT2D eigenvalue weighted by Crippen LogP contribution is 2.07. The number of rotatable bonds is 0. The topological polar surface area (TPSA) is 47.0 Å². The van der Waals surface area contributed by atoms with Crippen LogP contribution < -0.4 is 0 Å². The lowest BCUT2D eigenvalue weighted by atomic mass is 10.2. The van der Waals surface area contributed by atoms with Crippen molar-refractivity contribution in [3.63, 3.8) is 0 Å². The summed E-state index contributed by atoms with van der Waals surface area (Å²) in [6.45, 7) is 4.00. The molecule has 0 aliphatic carbocycles. The average molecular weight is 253 g/mol. The Bertz CT molecular complexity index is 462. The van der Waals surface area contributed by atoms with Gasteiger partial charge in [0, 0.05) is 24.1 Å². The molecule has 0 bridgehead atoms. The number of hydrogen-bond donors (Lipinski definition) is 0. The zero-order chi connectivity index (χ0) is 13.3. The molecule has 0 aliphatic heterocycles. The molecule has 2 aromatic rings. The van der Waals surface area contributed by atoms with Gasteiger partial charge in [-0.05, 0) is 12.1 Å². The van der Waals surface area contributed by atoms with Crippen LogP contribution in [0.15, 0.2) is 42.6 Å². The molecule has 4 heteroatoms. The van der Waals surface area contributed by atoms with E-state index in [1.165, 1.54) is 5.39 Å². The third-order valence-corrected chi connectivity index (χ3v) is 1.51. The van der Waals surface area contributed by atoms with Crippen molar-refractivity contribution in [1.82, 2.24) is 4.98 Å². The Morgan fingerprint density at radius 1 is 0.941 bits per heavy atom. The van der Waals surface area contributed by atoms with Crippen LogP contribution in [0.1, 0.15) is 13.8 Å². The average Bonchev–Trinajstić information content (AvgIpc) is 2.30. The number of aromatic nitrogens is 1. The summed E-state index contributed by atoms with van der Waals surface area (Å²) in [6, 6.07) is 12.1. The molecule has 0 radical (unpaired) electrons. The zero-order valence-electron chi connectivity index (χ0n) is 10.7. The Kier molecular flexibility index (Phi) is 7.14. The molecule has 0 aliphatic rings. The Balaban J connectivity index is 0.000000315. The highest BCUT2D eigenvalue weighted by Gasteiger charge is 1.86. The highest BCUT2D eigenvalue weighted by molar-refractivity contribution is 7.89. The fraction of sp³-hybridized carbons (Fsp3) is 0.308. The van der Waals surface area contributed by atoms with E-state index in [0.29, 0.717) is 0 Å². The molecule has 1 aromatic carbocycles. The molecule has 0 saturated carbocycles. The third kappa shape index (κ3) is 8.39. The van der Waals surface area contributed by atoms with Crippen molar-refractivity contribution in [1.29, 1.82) is 0 Å². The summed E-state index contributed by atoms with van der Waals surface area (Å²) in [6.07, 6.45) is 4.13. The number of fused-ring (bicyclic) bond motifs is 1. The number of benzene rings is 1. The molecular weight excluding hydrogens is 234 g/mol. The van der Waals surface area contributed by atoms with E-state index in [4.69, 9.17) is 0 Å². The predicted molar refractivity (Wildman–Crippen MR) is 73.9 cm³/mol. The van der Waals surface area contributed by atoms with Gasteiger partial charge >= 0.3 is 0 Å². The van der Waals surface area contributed by atoms with E-state index >= 15 is 0 Å². The van der Waals surface area contributed by atoms with Gasteiger partial charge in [0.15, 0.2) is 0 Å². The summed E-state index contributed by atoms with van der Waals surface area (Å²) in [7, 11) is -2.67. The summed E-state index contributed by atoms with van der Waals surface area (Å²) in [5.41, 5.74) is 1.06. The number of sulfone groups is 1. The zero-order valence-corrected chi connectivity index (χ0v) is 11.5. The Morgan fingerprint density at radius 3 is 1.94 bits per heavy atom. The molecule has 17 heavy (non-hydrogen) atoms. The van der Waals surface area contributed by atoms with E-state index in [9.17, 15) is 8.42 Å². The first-order valence-electron chi connectivity index (χ1n) is 5.41. The van der Waals surface area contributed by atoms with E-state index in [0.717, 1.165) is 18.0 Å². The van der Waals surface area contributed by atoms with Gasteiger partial charge in [-0.1, -0.05) is 38.1 Å². The monoisotopic (exact) mass is 253 g/mol. The van der Waals surface area contributed by atoms with Gasteiger partial charge in [0.1, 0.15) is 9.84 Å². The predicted octanol–water partition coefficient (Wildman–Crippen LogP) is 2.92. The second-order valence-electron chi connectivity index (χ2n) is 3.34. The summed E-state index contributed by atoms with van der Waals surface area (Å²) < 4.78 is 19.3. The fourth-order valence-corrected chi connectivity index (χ4v) is 1.02. The standard InChI is InChI=1S/C9H7N.C2H6O2S.C2H6/c1-2-6-9-8(4-1)5-3-7-10-9;1-5(2,3)4;1-2/h1-7H;1-2H3;1-2H3. The first kappa shape index (κ1) is 15.6. The lowest BCUT2D eigenvalue weighted by molar-refractivity contribution is 0.607. The van der Waals surface area contributed by atoms with Gasteiger partial charge in [0.2, 0.25) is 0 Å². The van der Waals surface area contributed by atoms with E-state index in [-0.39, 0.29) is 0 Å². The van der Waals surface area contributed by atoms with E-state index in [2.05, 4.69) is 17.1 Å². The maximum absolute atomic E-state index is 9.63. The maximum Gasteiger partial charge on any atom is 0.144 e. The Labute approximate surface area is 103 Å². The van der Waals surface area contributed by atoms with Crippen molar-refractivity contribution in [3.05, 3.63) is 42.6 Å². The molecule has 1 aromatic heterocycles. The molecule has 0 saturated heterocycles. The van der Waals surface area contributed by atoms with Crippen molar-refractivity contribution in [2.45, 2.75) is 13.8 Å². The molecule has 0 N–H and O–H groups in total. The minimum atomic E-state index is -2.67. The summed E-state index contributed by atoms with van der Waals surface area (Å²) >= 11 is 0. The van der Waals surface area contributed by atoms with Crippen LogP contribution >= 0.6 is 0 Å². The van der Waals surface area contributed by atoms with Gasteiger partial charge in [0.05, 0.1) is 5.52 Å². The number of pyridine rings is 1. The van der Waals surface area contributed by atoms with Crippen LogP contribution in [0.3, 0.4) is 0 Å². The van der Waals surface area contributed by atoms with Gasteiger partial charge in [-0.15, -0.1) is 0 Å². The van der Waals surface area contributed by atoms with Gasteiger partial charge < -0.3 is 0 Å². The van der Waals surface area contributed by atoms with Crippen molar-refractivity contribution in [2.75, 3.05) is 12.5 Å². The molecule has 3 nitrogen and oxygen atoms in total. The largest absolute Gasteiger partial charge is 0.256 e. The van der Waals surface area contributed by atoms with Crippen LogP contribution in [0.5, 0.6) is 0 Å². The number of hydrogen-bond acceptors (Lipinski definition) is 3. The molecule has 1 heterocycles.